The Kier molecular flexibility index (Phi) is 6.29. The van der Waals surface area contributed by atoms with Crippen molar-refractivity contribution in [2.45, 2.75) is 44.2 Å². The molecule has 0 N–H and O–H groups in total. The molecule has 1 amide bonds. The fourth-order valence-electron chi connectivity index (χ4n) is 4.12. The molecule has 164 valence electrons. The molecule has 0 spiro atoms. The third-order valence-electron chi connectivity index (χ3n) is 5.66. The lowest BCUT2D eigenvalue weighted by Crippen LogP contribution is -2.54. The number of thiazole rings is 1. The Hall–Kier alpha value is -1.75. The number of carbonyl (C=O) groups is 1. The normalized spacial score (nSPS) is 23.0. The van der Waals surface area contributed by atoms with E-state index in [2.05, 4.69) is 4.98 Å². The van der Waals surface area contributed by atoms with Crippen molar-refractivity contribution in [3.05, 3.63) is 18.2 Å². The van der Waals surface area contributed by atoms with Gasteiger partial charge in [-0.25, -0.2) is 13.4 Å². The first-order chi connectivity index (χ1) is 14.4. The lowest BCUT2D eigenvalue weighted by atomic mass is 10.0. The second-order valence-corrected chi connectivity index (χ2v) is 10.7. The third kappa shape index (κ3) is 4.46. The predicted octanol–water partition coefficient (Wildman–Crippen LogP) is 2.63. The van der Waals surface area contributed by atoms with E-state index in [0.29, 0.717) is 37.0 Å². The van der Waals surface area contributed by atoms with Crippen LogP contribution in [-0.2, 0) is 19.6 Å². The number of hydrogen-bond acceptors (Lipinski definition) is 7. The number of nitrogens with zero attached hydrogens (tertiary/aromatic N) is 3. The molecular formula is C20H27N3O5S2. The number of ether oxygens (including phenoxy) is 2. The Balaban J connectivity index is 1.69. The number of aromatic nitrogens is 1. The van der Waals surface area contributed by atoms with Crippen LogP contribution in [0.4, 0.5) is 5.13 Å². The number of fused-ring (bicyclic) bond motifs is 1. The van der Waals surface area contributed by atoms with Crippen molar-refractivity contribution in [3.63, 3.8) is 0 Å². The highest BCUT2D eigenvalue weighted by Gasteiger charge is 2.39. The van der Waals surface area contributed by atoms with Gasteiger partial charge < -0.3 is 9.47 Å². The van der Waals surface area contributed by atoms with Crippen LogP contribution in [-0.4, -0.2) is 68.8 Å². The SMILES string of the molecule is COc1ccc2sc(N(CC3CCCO3)C(=O)C3CCCCN3S(C)(=O)=O)nc2c1. The number of methoxy groups -OCH3 is 1. The summed E-state index contributed by atoms with van der Waals surface area (Å²) in [6.07, 6.45) is 5.06. The van der Waals surface area contributed by atoms with Crippen LogP contribution in [0.25, 0.3) is 10.2 Å². The van der Waals surface area contributed by atoms with Gasteiger partial charge in [0, 0.05) is 19.2 Å². The number of piperidine rings is 1. The first-order valence-electron chi connectivity index (χ1n) is 10.2. The van der Waals surface area contributed by atoms with Gasteiger partial charge in [-0.1, -0.05) is 17.8 Å². The number of amides is 1. The van der Waals surface area contributed by atoms with Gasteiger partial charge in [-0.3, -0.25) is 9.69 Å². The van der Waals surface area contributed by atoms with Crippen LogP contribution >= 0.6 is 11.3 Å². The highest BCUT2D eigenvalue weighted by molar-refractivity contribution is 7.88. The molecule has 2 aliphatic heterocycles. The fourth-order valence-corrected chi connectivity index (χ4v) is 6.20. The van der Waals surface area contributed by atoms with Crippen molar-refractivity contribution in [1.82, 2.24) is 9.29 Å². The number of rotatable bonds is 6. The van der Waals surface area contributed by atoms with Crippen LogP contribution in [0.3, 0.4) is 0 Å². The summed E-state index contributed by atoms with van der Waals surface area (Å²) in [6, 6.07) is 4.93. The molecule has 3 heterocycles. The Morgan fingerprint density at radius 3 is 2.87 bits per heavy atom. The molecule has 0 aliphatic carbocycles. The second-order valence-electron chi connectivity index (χ2n) is 7.80. The van der Waals surface area contributed by atoms with Crippen molar-refractivity contribution < 1.29 is 22.7 Å². The summed E-state index contributed by atoms with van der Waals surface area (Å²) in [4.78, 5) is 20.0. The largest absolute Gasteiger partial charge is 0.497 e. The minimum Gasteiger partial charge on any atom is -0.497 e. The molecule has 0 radical (unpaired) electrons. The van der Waals surface area contributed by atoms with E-state index in [1.54, 1.807) is 12.0 Å². The van der Waals surface area contributed by atoms with Crippen LogP contribution in [0.1, 0.15) is 32.1 Å². The maximum Gasteiger partial charge on any atom is 0.247 e. The van der Waals surface area contributed by atoms with E-state index in [0.717, 1.165) is 35.9 Å². The van der Waals surface area contributed by atoms with E-state index in [1.165, 1.54) is 21.9 Å². The molecule has 1 aromatic carbocycles. The molecule has 30 heavy (non-hydrogen) atoms. The average molecular weight is 454 g/mol. The summed E-state index contributed by atoms with van der Waals surface area (Å²) >= 11 is 1.42. The molecule has 0 bridgehead atoms. The van der Waals surface area contributed by atoms with Gasteiger partial charge in [0.15, 0.2) is 5.13 Å². The third-order valence-corrected chi connectivity index (χ3v) is 8.00. The molecule has 8 nitrogen and oxygen atoms in total. The molecule has 10 heteroatoms. The maximum atomic E-state index is 13.6. The van der Waals surface area contributed by atoms with Gasteiger partial charge >= 0.3 is 0 Å². The Morgan fingerprint density at radius 2 is 2.17 bits per heavy atom. The van der Waals surface area contributed by atoms with Crippen LogP contribution in [0.5, 0.6) is 5.75 Å². The van der Waals surface area contributed by atoms with Crippen LogP contribution < -0.4 is 9.64 Å². The topological polar surface area (TPSA) is 89.0 Å². The van der Waals surface area contributed by atoms with E-state index >= 15 is 0 Å². The summed E-state index contributed by atoms with van der Waals surface area (Å²) in [6.45, 7) is 1.44. The lowest BCUT2D eigenvalue weighted by molar-refractivity contribution is -0.123. The first kappa shape index (κ1) is 21.5. The highest BCUT2D eigenvalue weighted by Crippen LogP contribution is 2.33. The highest BCUT2D eigenvalue weighted by atomic mass is 32.2. The molecule has 4 rings (SSSR count). The Bertz CT molecular complexity index is 1020. The zero-order chi connectivity index (χ0) is 21.3. The molecule has 2 aromatic rings. The fraction of sp³-hybridized carbons (Fsp3) is 0.600. The minimum atomic E-state index is -3.48. The molecule has 2 unspecified atom stereocenters. The standard InChI is InChI=1S/C20H27N3O5S2/c1-27-14-8-9-18-16(12-14)21-20(29-18)22(13-15-6-5-11-28-15)19(24)17-7-3-4-10-23(17)30(2,25)26/h8-9,12,15,17H,3-7,10-11,13H2,1-2H3. The van der Waals surface area contributed by atoms with E-state index in [4.69, 9.17) is 9.47 Å². The summed E-state index contributed by atoms with van der Waals surface area (Å²) in [5.41, 5.74) is 0.753. The van der Waals surface area contributed by atoms with Crippen LogP contribution in [0, 0.1) is 0 Å². The van der Waals surface area contributed by atoms with Crippen LogP contribution in [0.15, 0.2) is 18.2 Å². The summed E-state index contributed by atoms with van der Waals surface area (Å²) in [5, 5.41) is 0.567. The number of hydrogen-bond donors (Lipinski definition) is 0. The van der Waals surface area contributed by atoms with Gasteiger partial charge in [-0.15, -0.1) is 0 Å². The van der Waals surface area contributed by atoms with Gasteiger partial charge in [-0.05, 0) is 37.8 Å². The van der Waals surface area contributed by atoms with E-state index < -0.39 is 16.1 Å². The summed E-state index contributed by atoms with van der Waals surface area (Å²) < 4.78 is 38.0. The van der Waals surface area contributed by atoms with Gasteiger partial charge in [0.05, 0.1) is 36.2 Å². The van der Waals surface area contributed by atoms with E-state index in [9.17, 15) is 13.2 Å². The van der Waals surface area contributed by atoms with Crippen LogP contribution in [0.2, 0.25) is 0 Å². The molecular weight excluding hydrogens is 426 g/mol. The smallest absolute Gasteiger partial charge is 0.247 e. The summed E-state index contributed by atoms with van der Waals surface area (Å²) in [7, 11) is -1.87. The number of anilines is 1. The Morgan fingerprint density at radius 1 is 1.33 bits per heavy atom. The van der Waals surface area contributed by atoms with Crippen molar-refractivity contribution in [2.75, 3.05) is 38.0 Å². The zero-order valence-corrected chi connectivity index (χ0v) is 18.9. The predicted molar refractivity (Wildman–Crippen MR) is 117 cm³/mol. The number of benzene rings is 1. The lowest BCUT2D eigenvalue weighted by Gasteiger charge is -2.35. The van der Waals surface area contributed by atoms with Crippen molar-refractivity contribution in [2.24, 2.45) is 0 Å². The minimum absolute atomic E-state index is 0.0641. The van der Waals surface area contributed by atoms with Gasteiger partial charge in [0.2, 0.25) is 15.9 Å². The molecule has 1 aromatic heterocycles. The Labute approximate surface area is 180 Å². The van der Waals surface area contributed by atoms with Crippen molar-refractivity contribution in [3.8, 4) is 5.75 Å². The monoisotopic (exact) mass is 453 g/mol. The first-order valence-corrected chi connectivity index (χ1v) is 12.9. The van der Waals surface area contributed by atoms with Gasteiger partial charge in [0.25, 0.3) is 0 Å². The molecule has 2 saturated heterocycles. The molecule has 2 atom stereocenters. The number of carbonyl (C=O) groups excluding carboxylic acids is 1. The molecule has 0 saturated carbocycles. The molecule has 2 aliphatic rings. The summed E-state index contributed by atoms with van der Waals surface area (Å²) in [5.74, 6) is 0.480. The average Bonchev–Trinajstić information content (AvgIpc) is 3.39. The maximum absolute atomic E-state index is 13.6. The van der Waals surface area contributed by atoms with E-state index in [-0.39, 0.29) is 12.0 Å². The van der Waals surface area contributed by atoms with E-state index in [1.807, 2.05) is 18.2 Å². The quantitative estimate of drug-likeness (QED) is 0.668. The second kappa shape index (κ2) is 8.78. The molecule has 2 fully saturated rings. The van der Waals surface area contributed by atoms with Gasteiger partial charge in [-0.2, -0.15) is 4.31 Å². The number of sulfonamides is 1. The zero-order valence-electron chi connectivity index (χ0n) is 17.2. The van der Waals surface area contributed by atoms with Gasteiger partial charge in [0.1, 0.15) is 11.8 Å². The van der Waals surface area contributed by atoms with Crippen molar-refractivity contribution in [1.29, 1.82) is 0 Å². The van der Waals surface area contributed by atoms with Crippen molar-refractivity contribution >= 4 is 42.6 Å².